The van der Waals surface area contributed by atoms with Crippen LogP contribution in [0.1, 0.15) is 0 Å². The third kappa shape index (κ3) is 6.63. The molecule has 0 atom stereocenters. The second kappa shape index (κ2) is 15.3. The molecule has 0 unspecified atom stereocenters. The van der Waals surface area contributed by atoms with Gasteiger partial charge in [-0.05, 0) is 109 Å². The first-order valence-electron chi connectivity index (χ1n) is 20.5. The van der Waals surface area contributed by atoms with E-state index in [1.54, 1.807) is 0 Å². The number of hydrogen-bond acceptors (Lipinski definition) is 2. The topological polar surface area (TPSA) is 3.24 Å². The van der Waals surface area contributed by atoms with Crippen LogP contribution >= 0.6 is 11.3 Å². The van der Waals surface area contributed by atoms with Gasteiger partial charge in [0.15, 0.2) is 0 Å². The number of fused-ring (bicyclic) bond motifs is 4. The Labute approximate surface area is 354 Å². The van der Waals surface area contributed by atoms with Crippen molar-refractivity contribution >= 4 is 59.3 Å². The molecule has 60 heavy (non-hydrogen) atoms. The number of rotatable bonds is 8. The molecule has 1 aromatic heterocycles. The van der Waals surface area contributed by atoms with Crippen LogP contribution in [-0.2, 0) is 0 Å². The molecule has 0 radical (unpaired) electrons. The molecule has 0 spiro atoms. The van der Waals surface area contributed by atoms with Gasteiger partial charge < -0.3 is 4.90 Å². The third-order valence-electron chi connectivity index (χ3n) is 11.7. The minimum atomic E-state index is 1.09. The molecule has 10 aromatic carbocycles. The Hall–Kier alpha value is -7.52. The highest BCUT2D eigenvalue weighted by atomic mass is 32.1. The molecule has 0 aliphatic heterocycles. The lowest BCUT2D eigenvalue weighted by molar-refractivity contribution is 1.28. The summed E-state index contributed by atoms with van der Waals surface area (Å²) in [6.07, 6.45) is 0. The summed E-state index contributed by atoms with van der Waals surface area (Å²) in [5.41, 5.74) is 15.2. The molecule has 11 rings (SSSR count). The lowest BCUT2D eigenvalue weighted by Gasteiger charge is -2.29. The normalized spacial score (nSPS) is 11.3. The van der Waals surface area contributed by atoms with Crippen LogP contribution in [0.2, 0.25) is 0 Å². The fourth-order valence-electron chi connectivity index (χ4n) is 8.67. The molecule has 1 nitrogen and oxygen atoms in total. The standard InChI is InChI=1S/C58H39NS/c1-3-13-40(14-4-1)41-25-27-42(28-26-41)43-29-33-49(34-30-43)59(50-20-11-19-46(37-50)47-32-36-58-55(38-47)54-22-9-10-24-57(54)60-58)56-39-48(31-35-53(56)45-15-5-2-6-16-45)52-23-12-18-44-17-7-8-21-51(44)52/h1-39H. The number of anilines is 3. The quantitative estimate of drug-likeness (QED) is 0.148. The van der Waals surface area contributed by atoms with E-state index in [9.17, 15) is 0 Å². The molecule has 0 fully saturated rings. The molecule has 0 saturated carbocycles. The summed E-state index contributed by atoms with van der Waals surface area (Å²) in [5.74, 6) is 0. The summed E-state index contributed by atoms with van der Waals surface area (Å²) in [4.78, 5) is 2.45. The maximum absolute atomic E-state index is 2.45. The zero-order chi connectivity index (χ0) is 39.8. The maximum atomic E-state index is 2.45. The van der Waals surface area contributed by atoms with Crippen molar-refractivity contribution in [3.63, 3.8) is 0 Å². The van der Waals surface area contributed by atoms with E-state index in [2.05, 4.69) is 241 Å². The maximum Gasteiger partial charge on any atom is 0.0546 e. The van der Waals surface area contributed by atoms with Gasteiger partial charge in [-0.15, -0.1) is 11.3 Å². The summed E-state index contributed by atoms with van der Waals surface area (Å²) in [5, 5.41) is 5.09. The Morgan fingerprint density at radius 2 is 0.800 bits per heavy atom. The zero-order valence-electron chi connectivity index (χ0n) is 32.9. The molecule has 0 saturated heterocycles. The van der Waals surface area contributed by atoms with Crippen LogP contribution in [-0.4, -0.2) is 0 Å². The Morgan fingerprint density at radius 3 is 1.57 bits per heavy atom. The monoisotopic (exact) mass is 781 g/mol. The van der Waals surface area contributed by atoms with E-state index < -0.39 is 0 Å². The van der Waals surface area contributed by atoms with E-state index in [0.29, 0.717) is 0 Å². The number of hydrogen-bond donors (Lipinski definition) is 0. The average molecular weight is 782 g/mol. The van der Waals surface area contributed by atoms with E-state index in [0.717, 1.165) is 22.6 Å². The number of thiophene rings is 1. The smallest absolute Gasteiger partial charge is 0.0546 e. The van der Waals surface area contributed by atoms with Crippen LogP contribution in [0.25, 0.3) is 86.6 Å². The van der Waals surface area contributed by atoms with E-state index in [1.807, 2.05) is 11.3 Å². The highest BCUT2D eigenvalue weighted by Crippen LogP contribution is 2.45. The first kappa shape index (κ1) is 35.6. The molecule has 0 amide bonds. The van der Waals surface area contributed by atoms with E-state index in [4.69, 9.17) is 0 Å². The largest absolute Gasteiger partial charge is 0.310 e. The van der Waals surface area contributed by atoms with Gasteiger partial charge in [0.1, 0.15) is 0 Å². The van der Waals surface area contributed by atoms with Crippen LogP contribution in [0.3, 0.4) is 0 Å². The Bertz CT molecular complexity index is 3290. The fraction of sp³-hybridized carbons (Fsp3) is 0. The van der Waals surface area contributed by atoms with Crippen molar-refractivity contribution in [3.8, 4) is 55.6 Å². The van der Waals surface area contributed by atoms with Crippen LogP contribution < -0.4 is 4.90 Å². The number of benzene rings is 10. The van der Waals surface area contributed by atoms with Gasteiger partial charge in [-0.2, -0.15) is 0 Å². The van der Waals surface area contributed by atoms with Gasteiger partial charge in [0, 0.05) is 37.1 Å². The Balaban J connectivity index is 1.08. The van der Waals surface area contributed by atoms with Crippen molar-refractivity contribution in [2.75, 3.05) is 4.90 Å². The second-order valence-corrected chi connectivity index (χ2v) is 16.4. The molecule has 11 aromatic rings. The average Bonchev–Trinajstić information content (AvgIpc) is 3.70. The van der Waals surface area contributed by atoms with Crippen molar-refractivity contribution < 1.29 is 0 Å². The minimum absolute atomic E-state index is 1.09. The van der Waals surface area contributed by atoms with Crippen molar-refractivity contribution in [1.82, 2.24) is 0 Å². The molecular weight excluding hydrogens is 743 g/mol. The molecule has 0 bridgehead atoms. The van der Waals surface area contributed by atoms with Gasteiger partial charge >= 0.3 is 0 Å². The van der Waals surface area contributed by atoms with Gasteiger partial charge in [0.05, 0.1) is 5.69 Å². The third-order valence-corrected chi connectivity index (χ3v) is 12.8. The van der Waals surface area contributed by atoms with Crippen molar-refractivity contribution in [3.05, 3.63) is 237 Å². The molecule has 0 aliphatic rings. The Morgan fingerprint density at radius 1 is 0.267 bits per heavy atom. The van der Waals surface area contributed by atoms with Crippen molar-refractivity contribution in [2.24, 2.45) is 0 Å². The van der Waals surface area contributed by atoms with Crippen LogP contribution in [0, 0.1) is 0 Å². The first-order chi connectivity index (χ1) is 29.7. The predicted octanol–water partition coefficient (Wildman–Crippen LogP) is 17.0. The van der Waals surface area contributed by atoms with E-state index in [-0.39, 0.29) is 0 Å². The van der Waals surface area contributed by atoms with Gasteiger partial charge in [0.2, 0.25) is 0 Å². The summed E-state index contributed by atoms with van der Waals surface area (Å²) in [6.45, 7) is 0. The first-order valence-corrected chi connectivity index (χ1v) is 21.3. The summed E-state index contributed by atoms with van der Waals surface area (Å²) in [6, 6.07) is 86.3. The Kier molecular flexibility index (Phi) is 9.11. The highest BCUT2D eigenvalue weighted by Gasteiger charge is 2.20. The number of nitrogens with zero attached hydrogens (tertiary/aromatic N) is 1. The lowest BCUT2D eigenvalue weighted by Crippen LogP contribution is -2.11. The summed E-state index contributed by atoms with van der Waals surface area (Å²) >= 11 is 1.86. The molecular formula is C58H39NS. The summed E-state index contributed by atoms with van der Waals surface area (Å²) in [7, 11) is 0. The molecule has 0 N–H and O–H groups in total. The fourth-order valence-corrected chi connectivity index (χ4v) is 9.76. The van der Waals surface area contributed by atoms with E-state index in [1.165, 1.54) is 81.0 Å². The van der Waals surface area contributed by atoms with Crippen molar-refractivity contribution in [1.29, 1.82) is 0 Å². The van der Waals surface area contributed by atoms with Crippen LogP contribution in [0.15, 0.2) is 237 Å². The predicted molar refractivity (Wildman–Crippen MR) is 259 cm³/mol. The molecule has 0 aliphatic carbocycles. The SMILES string of the molecule is c1ccc(-c2ccc(-c3ccc(N(c4cccc(-c5ccc6sc7ccccc7c6c5)c4)c4cc(-c5cccc6ccccc56)ccc4-c4ccccc4)cc3)cc2)cc1. The van der Waals surface area contributed by atoms with Crippen LogP contribution in [0.5, 0.6) is 0 Å². The molecule has 2 heteroatoms. The lowest BCUT2D eigenvalue weighted by atomic mass is 9.93. The van der Waals surface area contributed by atoms with Gasteiger partial charge in [-0.25, -0.2) is 0 Å². The molecule has 282 valence electrons. The molecule has 1 heterocycles. The van der Waals surface area contributed by atoms with E-state index >= 15 is 0 Å². The van der Waals surface area contributed by atoms with Crippen molar-refractivity contribution in [2.45, 2.75) is 0 Å². The van der Waals surface area contributed by atoms with Gasteiger partial charge in [-0.3, -0.25) is 0 Å². The van der Waals surface area contributed by atoms with Gasteiger partial charge in [-0.1, -0.05) is 188 Å². The second-order valence-electron chi connectivity index (χ2n) is 15.3. The minimum Gasteiger partial charge on any atom is -0.310 e. The van der Waals surface area contributed by atoms with Gasteiger partial charge in [0.25, 0.3) is 0 Å². The summed E-state index contributed by atoms with van der Waals surface area (Å²) < 4.78 is 2.63. The zero-order valence-corrected chi connectivity index (χ0v) is 33.7. The highest BCUT2D eigenvalue weighted by molar-refractivity contribution is 7.25. The van der Waals surface area contributed by atoms with Crippen LogP contribution in [0.4, 0.5) is 17.1 Å².